The third kappa shape index (κ3) is 2.79. The summed E-state index contributed by atoms with van der Waals surface area (Å²) >= 11 is 1.57. The number of aliphatic hydroxyl groups excluding tert-OH is 1. The molecule has 0 aliphatic heterocycles. The van der Waals surface area contributed by atoms with E-state index in [-0.39, 0.29) is 0 Å². The van der Waals surface area contributed by atoms with Crippen molar-refractivity contribution in [3.05, 3.63) is 33.5 Å². The van der Waals surface area contributed by atoms with Gasteiger partial charge in [0, 0.05) is 24.0 Å². The first-order valence-electron chi connectivity index (χ1n) is 6.29. The van der Waals surface area contributed by atoms with Crippen LogP contribution < -0.4 is 0 Å². The second kappa shape index (κ2) is 5.63. The smallest absolute Gasteiger partial charge is 0.102 e. The molecule has 1 atom stereocenters. The second-order valence-corrected chi connectivity index (χ2v) is 5.37. The van der Waals surface area contributed by atoms with Gasteiger partial charge in [0.05, 0.1) is 16.4 Å². The number of aliphatic hydroxyl groups is 1. The summed E-state index contributed by atoms with van der Waals surface area (Å²) < 4.78 is 1.96. The summed E-state index contributed by atoms with van der Waals surface area (Å²) in [5.41, 5.74) is 2.92. The molecule has 98 valence electrons. The SMILES string of the molecule is CCc1cc(CC(O)c2csc(C)n2)n(CC)n1. The van der Waals surface area contributed by atoms with E-state index in [0.717, 1.165) is 35.1 Å². The Morgan fingerprint density at radius 3 is 2.78 bits per heavy atom. The lowest BCUT2D eigenvalue weighted by molar-refractivity contribution is 0.171. The van der Waals surface area contributed by atoms with Crippen LogP contribution in [0.25, 0.3) is 0 Å². The molecule has 0 aliphatic carbocycles. The van der Waals surface area contributed by atoms with Crippen molar-refractivity contribution in [3.8, 4) is 0 Å². The summed E-state index contributed by atoms with van der Waals surface area (Å²) in [6.07, 6.45) is 0.956. The topological polar surface area (TPSA) is 50.9 Å². The lowest BCUT2D eigenvalue weighted by Gasteiger charge is -2.09. The number of nitrogens with zero attached hydrogens (tertiary/aromatic N) is 3. The van der Waals surface area contributed by atoms with E-state index < -0.39 is 6.10 Å². The Bertz CT molecular complexity index is 518. The molecular formula is C13H19N3OS. The van der Waals surface area contributed by atoms with E-state index in [1.165, 1.54) is 0 Å². The van der Waals surface area contributed by atoms with E-state index in [0.29, 0.717) is 6.42 Å². The summed E-state index contributed by atoms with van der Waals surface area (Å²) in [7, 11) is 0. The van der Waals surface area contributed by atoms with Gasteiger partial charge in [0.25, 0.3) is 0 Å². The van der Waals surface area contributed by atoms with Crippen molar-refractivity contribution in [2.45, 2.75) is 46.3 Å². The first-order chi connectivity index (χ1) is 8.63. The van der Waals surface area contributed by atoms with Crippen LogP contribution in [0.1, 0.15) is 42.0 Å². The lowest BCUT2D eigenvalue weighted by Crippen LogP contribution is -2.08. The molecule has 0 fully saturated rings. The number of hydrogen-bond donors (Lipinski definition) is 1. The average Bonchev–Trinajstić information content (AvgIpc) is 2.95. The van der Waals surface area contributed by atoms with E-state index in [4.69, 9.17) is 0 Å². The highest BCUT2D eigenvalue weighted by Crippen LogP contribution is 2.20. The fraction of sp³-hybridized carbons (Fsp3) is 0.538. The Kier molecular flexibility index (Phi) is 4.14. The van der Waals surface area contributed by atoms with Crippen molar-refractivity contribution >= 4 is 11.3 Å². The lowest BCUT2D eigenvalue weighted by atomic mass is 10.1. The minimum Gasteiger partial charge on any atom is -0.386 e. The maximum atomic E-state index is 10.2. The molecule has 0 bridgehead atoms. The van der Waals surface area contributed by atoms with Crippen molar-refractivity contribution in [3.63, 3.8) is 0 Å². The van der Waals surface area contributed by atoms with Crippen LogP contribution in [0.3, 0.4) is 0 Å². The van der Waals surface area contributed by atoms with Gasteiger partial charge in [0.2, 0.25) is 0 Å². The van der Waals surface area contributed by atoms with E-state index in [1.54, 1.807) is 11.3 Å². The molecule has 0 spiro atoms. The Balaban J connectivity index is 2.15. The van der Waals surface area contributed by atoms with Gasteiger partial charge in [0.1, 0.15) is 6.10 Å². The van der Waals surface area contributed by atoms with Gasteiger partial charge >= 0.3 is 0 Å². The van der Waals surface area contributed by atoms with Crippen LogP contribution in [0, 0.1) is 6.92 Å². The Morgan fingerprint density at radius 1 is 1.44 bits per heavy atom. The van der Waals surface area contributed by atoms with Crippen molar-refractivity contribution in [1.29, 1.82) is 0 Å². The molecule has 4 nitrogen and oxygen atoms in total. The molecule has 18 heavy (non-hydrogen) atoms. The molecule has 0 amide bonds. The van der Waals surface area contributed by atoms with E-state index >= 15 is 0 Å². The Labute approximate surface area is 111 Å². The summed E-state index contributed by atoms with van der Waals surface area (Å²) in [5.74, 6) is 0. The monoisotopic (exact) mass is 265 g/mol. The Morgan fingerprint density at radius 2 is 2.22 bits per heavy atom. The van der Waals surface area contributed by atoms with E-state index in [9.17, 15) is 5.11 Å². The molecule has 2 aromatic heterocycles. The molecule has 1 unspecified atom stereocenters. The van der Waals surface area contributed by atoms with Crippen molar-refractivity contribution in [2.75, 3.05) is 0 Å². The molecular weight excluding hydrogens is 246 g/mol. The molecule has 0 radical (unpaired) electrons. The van der Waals surface area contributed by atoms with Gasteiger partial charge in [-0.15, -0.1) is 11.3 Å². The third-order valence-electron chi connectivity index (χ3n) is 2.96. The highest BCUT2D eigenvalue weighted by Gasteiger charge is 2.15. The zero-order valence-corrected chi connectivity index (χ0v) is 11.9. The van der Waals surface area contributed by atoms with Gasteiger partial charge in [-0.25, -0.2) is 4.98 Å². The number of rotatable bonds is 5. The molecule has 0 saturated heterocycles. The molecule has 0 saturated carbocycles. The second-order valence-electron chi connectivity index (χ2n) is 4.31. The highest BCUT2D eigenvalue weighted by atomic mass is 32.1. The largest absolute Gasteiger partial charge is 0.386 e. The molecule has 5 heteroatoms. The van der Waals surface area contributed by atoms with E-state index in [1.807, 2.05) is 17.0 Å². The van der Waals surface area contributed by atoms with Gasteiger partial charge in [-0.05, 0) is 26.3 Å². The summed E-state index contributed by atoms with van der Waals surface area (Å²) in [6.45, 7) is 6.94. The fourth-order valence-electron chi connectivity index (χ4n) is 1.96. The maximum absolute atomic E-state index is 10.2. The van der Waals surface area contributed by atoms with Crippen molar-refractivity contribution in [1.82, 2.24) is 14.8 Å². The molecule has 0 aliphatic rings. The minimum atomic E-state index is -0.540. The summed E-state index contributed by atoms with van der Waals surface area (Å²) in [5, 5.41) is 17.6. The van der Waals surface area contributed by atoms with Crippen LogP contribution in [0.5, 0.6) is 0 Å². The molecule has 1 N–H and O–H groups in total. The van der Waals surface area contributed by atoms with Crippen molar-refractivity contribution < 1.29 is 5.11 Å². The summed E-state index contributed by atoms with van der Waals surface area (Å²) in [6, 6.07) is 2.08. The number of hydrogen-bond acceptors (Lipinski definition) is 4. The van der Waals surface area contributed by atoms with Crippen LogP contribution in [0.4, 0.5) is 0 Å². The molecule has 2 aromatic rings. The van der Waals surface area contributed by atoms with Crippen molar-refractivity contribution in [2.24, 2.45) is 0 Å². The number of aryl methyl sites for hydroxylation is 3. The molecule has 2 heterocycles. The van der Waals surface area contributed by atoms with Crippen LogP contribution >= 0.6 is 11.3 Å². The third-order valence-corrected chi connectivity index (χ3v) is 3.75. The highest BCUT2D eigenvalue weighted by molar-refractivity contribution is 7.09. The number of aromatic nitrogens is 3. The molecule has 2 rings (SSSR count). The Hall–Kier alpha value is -1.20. The first kappa shape index (κ1) is 13.2. The average molecular weight is 265 g/mol. The predicted octanol–water partition coefficient (Wildman–Crippen LogP) is 2.51. The van der Waals surface area contributed by atoms with Gasteiger partial charge in [0.15, 0.2) is 0 Å². The molecule has 0 aromatic carbocycles. The van der Waals surface area contributed by atoms with Gasteiger partial charge in [-0.1, -0.05) is 6.92 Å². The van der Waals surface area contributed by atoms with Gasteiger partial charge in [-0.3, -0.25) is 4.68 Å². The predicted molar refractivity (Wildman–Crippen MR) is 72.8 cm³/mol. The quantitative estimate of drug-likeness (QED) is 0.903. The minimum absolute atomic E-state index is 0.540. The summed E-state index contributed by atoms with van der Waals surface area (Å²) in [4.78, 5) is 4.33. The maximum Gasteiger partial charge on any atom is 0.102 e. The van der Waals surface area contributed by atoms with Gasteiger partial charge in [-0.2, -0.15) is 5.10 Å². The van der Waals surface area contributed by atoms with Crippen LogP contribution in [0.2, 0.25) is 0 Å². The van der Waals surface area contributed by atoms with Gasteiger partial charge < -0.3 is 5.11 Å². The van der Waals surface area contributed by atoms with Crippen LogP contribution in [0.15, 0.2) is 11.4 Å². The zero-order valence-electron chi connectivity index (χ0n) is 11.1. The van der Waals surface area contributed by atoms with Crippen LogP contribution in [-0.4, -0.2) is 19.9 Å². The van der Waals surface area contributed by atoms with E-state index in [2.05, 4.69) is 30.0 Å². The normalized spacial score (nSPS) is 12.9. The van der Waals surface area contributed by atoms with Crippen LogP contribution in [-0.2, 0) is 19.4 Å². The number of thiazole rings is 1. The fourth-order valence-corrected chi connectivity index (χ4v) is 2.62. The standard InChI is InChI=1S/C13H19N3OS/c1-4-10-6-11(16(5-2)15-10)7-13(17)12-8-18-9(3)14-12/h6,8,13,17H,4-5,7H2,1-3H3. The zero-order chi connectivity index (χ0) is 13.1. The first-order valence-corrected chi connectivity index (χ1v) is 7.17.